The third kappa shape index (κ3) is 15.1. The molecule has 0 aromatic heterocycles. The first-order chi connectivity index (χ1) is 32.3. The van der Waals surface area contributed by atoms with Crippen molar-refractivity contribution in [3.8, 4) is 5.75 Å². The predicted octanol–water partition coefficient (Wildman–Crippen LogP) is 13.8. The van der Waals surface area contributed by atoms with Gasteiger partial charge >= 0.3 is 5.97 Å². The van der Waals surface area contributed by atoms with E-state index in [-0.39, 0.29) is 46.2 Å². The molecule has 1 aliphatic rings. The van der Waals surface area contributed by atoms with Crippen LogP contribution < -0.4 is 15.1 Å². The number of carbonyl (C=O) groups is 1. The van der Waals surface area contributed by atoms with Crippen molar-refractivity contribution in [2.24, 2.45) is 5.92 Å². The highest BCUT2D eigenvalue weighted by Crippen LogP contribution is 2.46. The van der Waals surface area contributed by atoms with Crippen molar-refractivity contribution in [1.82, 2.24) is 0 Å². The Bertz CT molecular complexity index is 2200. The summed E-state index contributed by atoms with van der Waals surface area (Å²) in [5.74, 6) is -0.761. The third-order valence-electron chi connectivity index (χ3n) is 13.7. The van der Waals surface area contributed by atoms with E-state index in [0.29, 0.717) is 30.8 Å². The number of carbonyl (C=O) groups excluding carboxylic acids is 1. The lowest BCUT2D eigenvalue weighted by Gasteiger charge is -2.45. The van der Waals surface area contributed by atoms with Crippen molar-refractivity contribution in [1.29, 1.82) is 0 Å². The van der Waals surface area contributed by atoms with E-state index in [9.17, 15) is 4.79 Å². The smallest absolute Gasteiger partial charge is 0.342 e. The number of hydrogen-bond donors (Lipinski definition) is 0. The summed E-state index contributed by atoms with van der Waals surface area (Å²) in [7, 11) is -5.06. The molecule has 0 aliphatic carbocycles. The minimum atomic E-state index is -2.81. The Morgan fingerprint density at radius 3 is 1.87 bits per heavy atom. The summed E-state index contributed by atoms with van der Waals surface area (Å²) in [4.78, 5) is 15.3. The molecule has 0 bridgehead atoms. The quantitative estimate of drug-likeness (QED) is 0.0237. The molecule has 0 amide bonds. The monoisotopic (exact) mass is 1010 g/mol. The van der Waals surface area contributed by atoms with Gasteiger partial charge in [-0.25, -0.2) is 4.79 Å². The lowest BCUT2D eigenvalue weighted by atomic mass is 9.96. The Morgan fingerprint density at radius 1 is 0.754 bits per heavy atom. The fraction of sp³-hybridized carbons (Fsp3) is 0.526. The summed E-state index contributed by atoms with van der Waals surface area (Å²) in [6.07, 6.45) is 4.58. The van der Waals surface area contributed by atoms with Crippen LogP contribution >= 0.6 is 11.8 Å². The van der Waals surface area contributed by atoms with E-state index >= 15 is 0 Å². The molecule has 378 valence electrons. The predicted molar refractivity (Wildman–Crippen MR) is 294 cm³/mol. The first kappa shape index (κ1) is 56.6. The fourth-order valence-electron chi connectivity index (χ4n) is 8.67. The molecule has 1 saturated heterocycles. The molecule has 0 saturated carbocycles. The van der Waals surface area contributed by atoms with Crippen molar-refractivity contribution >= 4 is 52.8 Å². The SMILES string of the molecule is COCOc1cccc(C(CC[C@@H]2OC(C)(C)O[C@@H]2C(/C=C\[C@@H](C)[C@H](C)O[Si](c2ccccc2)(c2ccccc2)C(C)(C)C)O[Si](C)(C)C(C)(C)C)Sc2ccccc2)c1C(=O)OCC[Si](C)(C)C. The van der Waals surface area contributed by atoms with Gasteiger partial charge in [0.1, 0.15) is 17.4 Å². The van der Waals surface area contributed by atoms with Crippen LogP contribution in [0, 0.1) is 5.92 Å². The van der Waals surface area contributed by atoms with Crippen LogP contribution in [-0.2, 0) is 27.8 Å². The first-order valence-corrected chi connectivity index (χ1v) is 34.3. The zero-order valence-electron chi connectivity index (χ0n) is 44.7. The van der Waals surface area contributed by atoms with E-state index in [1.165, 1.54) is 10.4 Å². The zero-order valence-corrected chi connectivity index (χ0v) is 48.5. The van der Waals surface area contributed by atoms with E-state index in [2.05, 4.69) is 173 Å². The molecule has 6 atom stereocenters. The van der Waals surface area contributed by atoms with Gasteiger partial charge in [-0.15, -0.1) is 11.8 Å². The van der Waals surface area contributed by atoms with Crippen LogP contribution in [0.25, 0.3) is 0 Å². The third-order valence-corrected chi connectivity index (χ3v) is 26.3. The molecule has 1 heterocycles. The van der Waals surface area contributed by atoms with Gasteiger partial charge in [-0.3, -0.25) is 0 Å². The Kier molecular flexibility index (Phi) is 19.6. The van der Waals surface area contributed by atoms with Gasteiger partial charge in [0.15, 0.2) is 20.9 Å². The standard InChI is InChI=1S/C57H84O8SSi3/c1-42(43(2)64-69(56(6,7)8,45-29-22-18-23-30-45)46-31-24-19-25-32-46)35-36-50(65-68(15,16)55(3,4)5)53-49(62-57(9,10)63-53)37-38-51(66-44-27-20-17-21-28-44)47-33-26-34-48(61-41-59-11)52(47)54(58)60-39-40-67(12,13)14/h17-36,42-43,49-51,53H,37-41H2,1-16H3/b36-35-/t42-,43+,49+,50?,51?,53+/m1/s1. The molecule has 4 aromatic rings. The minimum absolute atomic E-state index is 0.00521. The van der Waals surface area contributed by atoms with E-state index in [4.69, 9.17) is 32.5 Å². The highest BCUT2D eigenvalue weighted by Gasteiger charge is 2.52. The van der Waals surface area contributed by atoms with E-state index < -0.39 is 42.7 Å². The molecule has 4 aromatic carbocycles. The number of hydrogen-bond acceptors (Lipinski definition) is 9. The van der Waals surface area contributed by atoms with Crippen LogP contribution in [0.3, 0.4) is 0 Å². The molecular formula is C57H84O8SSi3. The largest absolute Gasteiger partial charge is 0.467 e. The second-order valence-corrected chi connectivity index (χ2v) is 38.8. The maximum absolute atomic E-state index is 14.2. The number of benzene rings is 4. The molecule has 12 heteroatoms. The molecule has 2 unspecified atom stereocenters. The average molecular weight is 1010 g/mol. The lowest BCUT2D eigenvalue weighted by Crippen LogP contribution is -2.67. The molecule has 69 heavy (non-hydrogen) atoms. The van der Waals surface area contributed by atoms with Crippen LogP contribution in [0.2, 0.25) is 48.9 Å². The van der Waals surface area contributed by atoms with Crippen LogP contribution in [0.5, 0.6) is 5.75 Å². The number of methoxy groups -OCH3 is 1. The van der Waals surface area contributed by atoms with Gasteiger partial charge in [0.05, 0.1) is 18.8 Å². The van der Waals surface area contributed by atoms with Gasteiger partial charge in [0.25, 0.3) is 8.32 Å². The number of esters is 1. The Morgan fingerprint density at radius 2 is 1.33 bits per heavy atom. The lowest BCUT2D eigenvalue weighted by molar-refractivity contribution is -0.152. The molecule has 0 N–H and O–H groups in total. The van der Waals surface area contributed by atoms with Crippen molar-refractivity contribution in [3.05, 3.63) is 132 Å². The maximum Gasteiger partial charge on any atom is 0.342 e. The Labute approximate surface area is 423 Å². The fourth-order valence-corrected chi connectivity index (χ4v) is 16.6. The summed E-state index contributed by atoms with van der Waals surface area (Å²) < 4.78 is 46.3. The van der Waals surface area contributed by atoms with Crippen molar-refractivity contribution < 1.29 is 37.3 Å². The van der Waals surface area contributed by atoms with Crippen molar-refractivity contribution in [2.45, 2.75) is 171 Å². The number of ether oxygens (including phenoxy) is 5. The topological polar surface area (TPSA) is 81.7 Å². The van der Waals surface area contributed by atoms with Gasteiger partial charge < -0.3 is 32.5 Å². The van der Waals surface area contributed by atoms with Crippen LogP contribution in [0.1, 0.15) is 103 Å². The molecular weight excluding hydrogens is 929 g/mol. The summed E-state index contributed by atoms with van der Waals surface area (Å²) in [5.41, 5.74) is 1.28. The van der Waals surface area contributed by atoms with Crippen molar-refractivity contribution in [2.75, 3.05) is 20.5 Å². The van der Waals surface area contributed by atoms with Crippen LogP contribution in [0.4, 0.5) is 0 Å². The van der Waals surface area contributed by atoms with E-state index in [1.54, 1.807) is 18.9 Å². The van der Waals surface area contributed by atoms with E-state index in [1.807, 2.05) is 50.2 Å². The van der Waals surface area contributed by atoms with Crippen LogP contribution in [-0.4, -0.2) is 81.4 Å². The molecule has 8 nitrogen and oxygen atoms in total. The number of rotatable bonds is 23. The van der Waals surface area contributed by atoms with Crippen molar-refractivity contribution in [3.63, 3.8) is 0 Å². The van der Waals surface area contributed by atoms with Crippen LogP contribution in [0.15, 0.2) is 126 Å². The highest BCUT2D eigenvalue weighted by atomic mass is 32.2. The number of thioether (sulfide) groups is 1. The second kappa shape index (κ2) is 23.9. The maximum atomic E-state index is 14.2. The molecule has 1 fully saturated rings. The molecule has 1 aliphatic heterocycles. The normalized spacial score (nSPS) is 18.7. The zero-order chi connectivity index (χ0) is 50.8. The van der Waals surface area contributed by atoms with Gasteiger partial charge in [-0.2, -0.15) is 0 Å². The van der Waals surface area contributed by atoms with Gasteiger partial charge in [-0.05, 0) is 103 Å². The first-order valence-electron chi connectivity index (χ1n) is 24.9. The summed E-state index contributed by atoms with van der Waals surface area (Å²) in [6, 6.07) is 38.7. The summed E-state index contributed by atoms with van der Waals surface area (Å²) >= 11 is 1.73. The Balaban J connectivity index is 1.52. The average Bonchev–Trinajstić information content (AvgIpc) is 3.60. The van der Waals surface area contributed by atoms with Gasteiger partial charge in [0, 0.05) is 31.4 Å². The molecule has 0 spiro atoms. The van der Waals surface area contributed by atoms with Gasteiger partial charge in [0.2, 0.25) is 0 Å². The summed E-state index contributed by atoms with van der Waals surface area (Å²) in [6.45, 7) is 34.1. The highest BCUT2D eigenvalue weighted by molar-refractivity contribution is 7.99. The minimum Gasteiger partial charge on any atom is -0.467 e. The Hall–Kier alpha value is -3.31. The van der Waals surface area contributed by atoms with E-state index in [0.717, 1.165) is 16.5 Å². The molecule has 5 rings (SSSR count). The summed E-state index contributed by atoms with van der Waals surface area (Å²) in [5, 5.41) is 2.15. The second-order valence-electron chi connectivity index (χ2n) is 22.9. The van der Waals surface area contributed by atoms with Gasteiger partial charge in [-0.1, -0.05) is 171 Å². The molecule has 0 radical (unpaired) electrons.